The summed E-state index contributed by atoms with van der Waals surface area (Å²) in [5.74, 6) is -1.18. The van der Waals surface area contributed by atoms with E-state index in [1.54, 1.807) is 31.5 Å². The van der Waals surface area contributed by atoms with Crippen LogP contribution < -0.4 is 5.11 Å². The van der Waals surface area contributed by atoms with E-state index >= 15 is 0 Å². The summed E-state index contributed by atoms with van der Waals surface area (Å²) < 4.78 is 0. The number of pyridine rings is 1. The Morgan fingerprint density at radius 1 is 1.57 bits per heavy atom. The van der Waals surface area contributed by atoms with E-state index in [1.807, 2.05) is 12.1 Å². The Morgan fingerprint density at radius 2 is 2.36 bits per heavy atom. The fourth-order valence-corrected chi connectivity index (χ4v) is 0.936. The smallest absolute Gasteiger partial charge is 0.0645 e. The van der Waals surface area contributed by atoms with Gasteiger partial charge in [-0.05, 0) is 30.2 Å². The number of allylic oxidation sites excluding steroid dienone is 2. The van der Waals surface area contributed by atoms with Gasteiger partial charge < -0.3 is 9.90 Å². The first kappa shape index (κ1) is 10.2. The van der Waals surface area contributed by atoms with Crippen molar-refractivity contribution in [3.8, 4) is 0 Å². The van der Waals surface area contributed by atoms with Gasteiger partial charge in [0.25, 0.3) is 0 Å². The maximum absolute atomic E-state index is 10.2. The SMILES string of the molecule is CC(/C=C\c1cccnc1)=C/C(=O)[O-]. The van der Waals surface area contributed by atoms with Crippen LogP contribution in [0.5, 0.6) is 0 Å². The number of aromatic nitrogens is 1. The van der Waals surface area contributed by atoms with Crippen molar-refractivity contribution in [2.75, 3.05) is 0 Å². The van der Waals surface area contributed by atoms with Crippen molar-refractivity contribution in [2.24, 2.45) is 0 Å². The number of aliphatic carboxylic acids is 1. The highest BCUT2D eigenvalue weighted by atomic mass is 16.4. The molecule has 0 fully saturated rings. The molecule has 0 saturated heterocycles. The molecule has 0 aromatic carbocycles. The second-order valence-electron chi connectivity index (χ2n) is 2.83. The molecule has 0 atom stereocenters. The fraction of sp³-hybridized carbons (Fsp3) is 0.0909. The van der Waals surface area contributed by atoms with Gasteiger partial charge in [-0.3, -0.25) is 4.98 Å². The number of carboxylic acid groups (broad SMARTS) is 1. The van der Waals surface area contributed by atoms with E-state index in [4.69, 9.17) is 0 Å². The molecule has 0 unspecified atom stereocenters. The van der Waals surface area contributed by atoms with Gasteiger partial charge in [0.05, 0.1) is 5.97 Å². The predicted molar refractivity (Wildman–Crippen MR) is 52.0 cm³/mol. The highest BCUT2D eigenvalue weighted by Crippen LogP contribution is 2.02. The van der Waals surface area contributed by atoms with Crippen LogP contribution in [0.4, 0.5) is 0 Å². The van der Waals surface area contributed by atoms with Gasteiger partial charge >= 0.3 is 0 Å². The Bertz CT molecular complexity index is 366. The maximum Gasteiger partial charge on any atom is 0.0645 e. The average molecular weight is 188 g/mol. The van der Waals surface area contributed by atoms with E-state index in [2.05, 4.69) is 4.98 Å². The molecule has 0 N–H and O–H groups in total. The van der Waals surface area contributed by atoms with Crippen molar-refractivity contribution < 1.29 is 9.90 Å². The molecular formula is C11H10NO2-. The van der Waals surface area contributed by atoms with Crippen molar-refractivity contribution >= 4 is 12.0 Å². The lowest BCUT2D eigenvalue weighted by Gasteiger charge is -1.94. The number of carbonyl (C=O) groups is 1. The Morgan fingerprint density at radius 3 is 2.93 bits per heavy atom. The van der Waals surface area contributed by atoms with Gasteiger partial charge in [-0.2, -0.15) is 0 Å². The molecule has 14 heavy (non-hydrogen) atoms. The van der Waals surface area contributed by atoms with Crippen molar-refractivity contribution in [1.82, 2.24) is 4.98 Å². The van der Waals surface area contributed by atoms with Gasteiger partial charge in [0, 0.05) is 12.4 Å². The first-order valence-corrected chi connectivity index (χ1v) is 4.16. The molecule has 1 aromatic heterocycles. The molecule has 0 bridgehead atoms. The van der Waals surface area contributed by atoms with Crippen LogP contribution in [0.2, 0.25) is 0 Å². The summed E-state index contributed by atoms with van der Waals surface area (Å²) in [6, 6.07) is 3.70. The van der Waals surface area contributed by atoms with Crippen molar-refractivity contribution in [3.05, 3.63) is 47.8 Å². The zero-order valence-electron chi connectivity index (χ0n) is 7.81. The predicted octanol–water partition coefficient (Wildman–Crippen LogP) is 0.791. The van der Waals surface area contributed by atoms with Gasteiger partial charge in [0.2, 0.25) is 0 Å². The Balaban J connectivity index is 2.70. The molecular weight excluding hydrogens is 178 g/mol. The summed E-state index contributed by atoms with van der Waals surface area (Å²) in [7, 11) is 0. The molecule has 0 aliphatic heterocycles. The first-order chi connectivity index (χ1) is 6.68. The summed E-state index contributed by atoms with van der Waals surface area (Å²) in [6.07, 6.45) is 7.92. The van der Waals surface area contributed by atoms with Crippen LogP contribution in [-0.2, 0) is 4.79 Å². The van der Waals surface area contributed by atoms with Gasteiger partial charge in [-0.1, -0.05) is 18.2 Å². The quantitative estimate of drug-likeness (QED) is 0.520. The second-order valence-corrected chi connectivity index (χ2v) is 2.83. The minimum Gasteiger partial charge on any atom is -0.545 e. The van der Waals surface area contributed by atoms with Crippen LogP contribution in [0.15, 0.2) is 42.3 Å². The third kappa shape index (κ3) is 3.67. The monoisotopic (exact) mass is 188 g/mol. The van der Waals surface area contributed by atoms with Gasteiger partial charge in [-0.25, -0.2) is 0 Å². The van der Waals surface area contributed by atoms with Crippen LogP contribution in [0.25, 0.3) is 6.08 Å². The molecule has 3 nitrogen and oxygen atoms in total. The molecule has 1 heterocycles. The first-order valence-electron chi connectivity index (χ1n) is 4.16. The lowest BCUT2D eigenvalue weighted by molar-refractivity contribution is -0.297. The summed E-state index contributed by atoms with van der Waals surface area (Å²) in [6.45, 7) is 1.70. The highest BCUT2D eigenvalue weighted by Gasteiger charge is 1.85. The van der Waals surface area contributed by atoms with Gasteiger partial charge in [-0.15, -0.1) is 0 Å². The van der Waals surface area contributed by atoms with Gasteiger partial charge in [0.15, 0.2) is 0 Å². The van der Waals surface area contributed by atoms with E-state index in [-0.39, 0.29) is 0 Å². The number of carbonyl (C=O) groups excluding carboxylic acids is 1. The normalized spacial score (nSPS) is 11.9. The van der Waals surface area contributed by atoms with Gasteiger partial charge in [0.1, 0.15) is 0 Å². The summed E-state index contributed by atoms with van der Waals surface area (Å²) in [5.41, 5.74) is 1.56. The summed E-state index contributed by atoms with van der Waals surface area (Å²) in [5, 5.41) is 10.2. The molecule has 0 aliphatic rings. The standard InChI is InChI=1S/C11H11NO2/c1-9(7-11(13)14)4-5-10-3-2-6-12-8-10/h2-8H,1H3,(H,13,14)/p-1/b5-4-,9-7-. The Kier molecular flexibility index (Phi) is 3.61. The third-order valence-electron chi connectivity index (χ3n) is 1.57. The molecule has 3 heteroatoms. The molecule has 0 spiro atoms. The fourth-order valence-electron chi connectivity index (χ4n) is 0.936. The van der Waals surface area contributed by atoms with Crippen molar-refractivity contribution in [1.29, 1.82) is 0 Å². The number of nitrogens with zero attached hydrogens (tertiary/aromatic N) is 1. The van der Waals surface area contributed by atoms with Crippen LogP contribution in [-0.4, -0.2) is 11.0 Å². The topological polar surface area (TPSA) is 53.0 Å². The summed E-state index contributed by atoms with van der Waals surface area (Å²) in [4.78, 5) is 14.1. The summed E-state index contributed by atoms with van der Waals surface area (Å²) >= 11 is 0. The molecule has 72 valence electrons. The number of carboxylic acids is 1. The van der Waals surface area contributed by atoms with E-state index in [0.29, 0.717) is 5.57 Å². The Hall–Kier alpha value is -1.90. The van der Waals surface area contributed by atoms with Crippen LogP contribution in [0, 0.1) is 0 Å². The molecule has 0 radical (unpaired) electrons. The molecule has 1 aromatic rings. The maximum atomic E-state index is 10.2. The largest absolute Gasteiger partial charge is 0.545 e. The zero-order chi connectivity index (χ0) is 10.4. The van der Waals surface area contributed by atoms with Crippen LogP contribution in [0.3, 0.4) is 0 Å². The van der Waals surface area contributed by atoms with E-state index < -0.39 is 5.97 Å². The minimum absolute atomic E-state index is 0.633. The number of rotatable bonds is 3. The second kappa shape index (κ2) is 4.97. The van der Waals surface area contributed by atoms with Crippen LogP contribution in [0.1, 0.15) is 12.5 Å². The number of hydrogen-bond donors (Lipinski definition) is 0. The van der Waals surface area contributed by atoms with E-state index in [0.717, 1.165) is 11.6 Å². The lowest BCUT2D eigenvalue weighted by Crippen LogP contribution is -2.19. The molecule has 0 saturated carbocycles. The molecule has 0 aliphatic carbocycles. The zero-order valence-corrected chi connectivity index (χ0v) is 7.81. The highest BCUT2D eigenvalue weighted by molar-refractivity contribution is 5.79. The molecule has 1 rings (SSSR count). The average Bonchev–Trinajstić information content (AvgIpc) is 2.15. The third-order valence-corrected chi connectivity index (χ3v) is 1.57. The Labute approximate surface area is 82.4 Å². The van der Waals surface area contributed by atoms with E-state index in [1.165, 1.54) is 0 Å². The minimum atomic E-state index is -1.18. The molecule has 0 amide bonds. The number of hydrogen-bond acceptors (Lipinski definition) is 3. The van der Waals surface area contributed by atoms with E-state index in [9.17, 15) is 9.90 Å². The van der Waals surface area contributed by atoms with Crippen molar-refractivity contribution in [3.63, 3.8) is 0 Å². The lowest BCUT2D eigenvalue weighted by atomic mass is 10.2. The van der Waals surface area contributed by atoms with Crippen LogP contribution >= 0.6 is 0 Å². The van der Waals surface area contributed by atoms with Crippen molar-refractivity contribution in [2.45, 2.75) is 6.92 Å².